The smallest absolute Gasteiger partial charge is 0.329 e. The zero-order valence-corrected chi connectivity index (χ0v) is 12.3. The van der Waals surface area contributed by atoms with Crippen LogP contribution in [0.5, 0.6) is 0 Å². The number of hydrogen-bond acceptors (Lipinski definition) is 4. The number of ether oxygens (including phenoxy) is 1. The van der Waals surface area contributed by atoms with E-state index in [2.05, 4.69) is 30.9 Å². The molecule has 1 unspecified atom stereocenters. The number of aliphatic carboxylic acids is 1. The molecule has 0 bridgehead atoms. The summed E-state index contributed by atoms with van der Waals surface area (Å²) in [7, 11) is 0. The number of hydrogen-bond donors (Lipinski definition) is 1. The molecule has 0 amide bonds. The Balaban J connectivity index is 1.81. The second-order valence-corrected chi connectivity index (χ2v) is 6.38. The van der Waals surface area contributed by atoms with Crippen molar-refractivity contribution in [1.82, 2.24) is 4.90 Å². The maximum absolute atomic E-state index is 10.5. The van der Waals surface area contributed by atoms with Gasteiger partial charge in [0, 0.05) is 28.9 Å². The molecule has 1 fully saturated rings. The van der Waals surface area contributed by atoms with Crippen LogP contribution in [0.15, 0.2) is 12.1 Å². The molecule has 1 aliphatic rings. The summed E-state index contributed by atoms with van der Waals surface area (Å²) in [5.74, 6) is -0.884. The van der Waals surface area contributed by atoms with E-state index in [1.54, 1.807) is 0 Å². The second-order valence-electron chi connectivity index (χ2n) is 5.06. The first kappa shape index (κ1) is 14.5. The van der Waals surface area contributed by atoms with Gasteiger partial charge in [0.2, 0.25) is 0 Å². The van der Waals surface area contributed by atoms with E-state index in [-0.39, 0.29) is 12.7 Å². The van der Waals surface area contributed by atoms with E-state index >= 15 is 0 Å². The Labute approximate surface area is 118 Å². The highest BCUT2D eigenvalue weighted by atomic mass is 32.1. The zero-order valence-electron chi connectivity index (χ0n) is 11.5. The third-order valence-electron chi connectivity index (χ3n) is 3.64. The lowest BCUT2D eigenvalue weighted by Gasteiger charge is -2.35. The molecule has 1 N–H and O–H groups in total. The molecule has 1 aromatic heterocycles. The fourth-order valence-electron chi connectivity index (χ4n) is 2.48. The van der Waals surface area contributed by atoms with Crippen molar-refractivity contribution < 1.29 is 14.6 Å². The summed E-state index contributed by atoms with van der Waals surface area (Å²) in [4.78, 5) is 15.7. The lowest BCUT2D eigenvalue weighted by atomic mass is 10.1. The van der Waals surface area contributed by atoms with E-state index in [9.17, 15) is 4.79 Å². The van der Waals surface area contributed by atoms with Crippen molar-refractivity contribution >= 4 is 17.3 Å². The summed E-state index contributed by atoms with van der Waals surface area (Å²) < 4.78 is 5.36. The molecule has 19 heavy (non-hydrogen) atoms. The van der Waals surface area contributed by atoms with Crippen molar-refractivity contribution in [2.75, 3.05) is 19.7 Å². The molecule has 1 atom stereocenters. The SMILES string of the molecule is Cc1ccc(C(C)N2CCC(OCC(=O)O)CC2)s1. The number of thiophene rings is 1. The van der Waals surface area contributed by atoms with Gasteiger partial charge in [-0.1, -0.05) is 0 Å². The van der Waals surface area contributed by atoms with Gasteiger partial charge in [-0.25, -0.2) is 4.79 Å². The molecule has 0 radical (unpaired) electrons. The average molecular weight is 283 g/mol. The van der Waals surface area contributed by atoms with Gasteiger partial charge in [-0.2, -0.15) is 0 Å². The molecular formula is C14H21NO3S. The molecule has 1 aromatic rings. The second kappa shape index (κ2) is 6.50. The van der Waals surface area contributed by atoms with E-state index < -0.39 is 5.97 Å². The molecule has 0 spiro atoms. The number of carboxylic acids is 1. The number of carbonyl (C=O) groups is 1. The van der Waals surface area contributed by atoms with Crippen molar-refractivity contribution in [2.24, 2.45) is 0 Å². The zero-order chi connectivity index (χ0) is 13.8. The molecular weight excluding hydrogens is 262 g/mol. The van der Waals surface area contributed by atoms with E-state index in [4.69, 9.17) is 9.84 Å². The summed E-state index contributed by atoms with van der Waals surface area (Å²) >= 11 is 1.85. The van der Waals surface area contributed by atoms with Gasteiger partial charge in [0.05, 0.1) is 6.10 Å². The van der Waals surface area contributed by atoms with Gasteiger partial charge in [-0.3, -0.25) is 4.90 Å². The summed E-state index contributed by atoms with van der Waals surface area (Å²) in [6.45, 7) is 6.14. The molecule has 0 aliphatic carbocycles. The fourth-order valence-corrected chi connectivity index (χ4v) is 3.44. The number of piperidine rings is 1. The average Bonchev–Trinajstić information content (AvgIpc) is 2.83. The highest BCUT2D eigenvalue weighted by molar-refractivity contribution is 7.12. The lowest BCUT2D eigenvalue weighted by Crippen LogP contribution is -2.38. The maximum atomic E-state index is 10.5. The molecule has 0 aromatic carbocycles. The number of rotatable bonds is 5. The van der Waals surface area contributed by atoms with Crippen LogP contribution in [0.1, 0.15) is 35.6 Å². The summed E-state index contributed by atoms with van der Waals surface area (Å²) in [6.07, 6.45) is 1.94. The van der Waals surface area contributed by atoms with Crippen LogP contribution in [0.3, 0.4) is 0 Å². The van der Waals surface area contributed by atoms with Gasteiger partial charge < -0.3 is 9.84 Å². The van der Waals surface area contributed by atoms with Gasteiger partial charge in [0.25, 0.3) is 0 Å². The summed E-state index contributed by atoms with van der Waals surface area (Å²) in [5, 5.41) is 8.60. The monoisotopic (exact) mass is 283 g/mol. The molecule has 1 saturated heterocycles. The van der Waals surface area contributed by atoms with Crippen LogP contribution in [0.2, 0.25) is 0 Å². The Bertz CT molecular complexity index is 424. The molecule has 2 heterocycles. The molecule has 4 nitrogen and oxygen atoms in total. The van der Waals surface area contributed by atoms with Crippen molar-refractivity contribution in [2.45, 2.75) is 38.8 Å². The molecule has 1 aliphatic heterocycles. The Morgan fingerprint density at radius 2 is 2.21 bits per heavy atom. The molecule has 2 rings (SSSR count). The van der Waals surface area contributed by atoms with Crippen molar-refractivity contribution in [3.8, 4) is 0 Å². The van der Waals surface area contributed by atoms with E-state index in [0.29, 0.717) is 6.04 Å². The predicted octanol–water partition coefficient (Wildman–Crippen LogP) is 2.68. The summed E-state index contributed by atoms with van der Waals surface area (Å²) in [6, 6.07) is 4.82. The Morgan fingerprint density at radius 1 is 1.53 bits per heavy atom. The highest BCUT2D eigenvalue weighted by Gasteiger charge is 2.24. The van der Waals surface area contributed by atoms with Crippen molar-refractivity contribution in [1.29, 1.82) is 0 Å². The minimum absolute atomic E-state index is 0.102. The van der Waals surface area contributed by atoms with Gasteiger partial charge in [0.15, 0.2) is 0 Å². The number of aryl methyl sites for hydroxylation is 1. The Hall–Kier alpha value is -0.910. The fraction of sp³-hybridized carbons (Fsp3) is 0.643. The highest BCUT2D eigenvalue weighted by Crippen LogP contribution is 2.29. The molecule has 5 heteroatoms. The van der Waals surface area contributed by atoms with Crippen LogP contribution in [0.25, 0.3) is 0 Å². The van der Waals surface area contributed by atoms with E-state index in [1.165, 1.54) is 9.75 Å². The van der Waals surface area contributed by atoms with Crippen molar-refractivity contribution in [3.63, 3.8) is 0 Å². The van der Waals surface area contributed by atoms with Gasteiger partial charge in [-0.15, -0.1) is 11.3 Å². The first-order chi connectivity index (χ1) is 9.06. The normalized spacial score (nSPS) is 19.5. The summed E-state index contributed by atoms with van der Waals surface area (Å²) in [5.41, 5.74) is 0. The first-order valence-electron chi connectivity index (χ1n) is 6.70. The van der Waals surface area contributed by atoms with Crippen LogP contribution in [0, 0.1) is 6.92 Å². The Kier molecular flexibility index (Phi) is 4.96. The Morgan fingerprint density at radius 3 is 2.74 bits per heavy atom. The lowest BCUT2D eigenvalue weighted by molar-refractivity contribution is -0.145. The van der Waals surface area contributed by atoms with Crippen LogP contribution in [-0.4, -0.2) is 41.8 Å². The predicted molar refractivity (Wildman–Crippen MR) is 75.7 cm³/mol. The van der Waals surface area contributed by atoms with E-state index in [0.717, 1.165) is 25.9 Å². The number of carboxylic acid groups (broad SMARTS) is 1. The van der Waals surface area contributed by atoms with Crippen molar-refractivity contribution in [3.05, 3.63) is 21.9 Å². The number of nitrogens with zero attached hydrogens (tertiary/aromatic N) is 1. The van der Waals surface area contributed by atoms with E-state index in [1.807, 2.05) is 11.3 Å². The van der Waals surface area contributed by atoms with Crippen LogP contribution < -0.4 is 0 Å². The molecule has 0 saturated carbocycles. The standard InChI is InChI=1S/C14H21NO3S/c1-10-3-4-13(19-10)11(2)15-7-5-12(6-8-15)18-9-14(16)17/h3-4,11-12H,5-9H2,1-2H3,(H,16,17). The first-order valence-corrected chi connectivity index (χ1v) is 7.51. The van der Waals surface area contributed by atoms with Crippen LogP contribution >= 0.6 is 11.3 Å². The maximum Gasteiger partial charge on any atom is 0.329 e. The van der Waals surface area contributed by atoms with Gasteiger partial charge in [-0.05, 0) is 38.8 Å². The third-order valence-corrected chi connectivity index (χ3v) is 4.81. The topological polar surface area (TPSA) is 49.8 Å². The van der Waals surface area contributed by atoms with Gasteiger partial charge >= 0.3 is 5.97 Å². The largest absolute Gasteiger partial charge is 0.480 e. The van der Waals surface area contributed by atoms with Crippen LogP contribution in [0.4, 0.5) is 0 Å². The quantitative estimate of drug-likeness (QED) is 0.902. The van der Waals surface area contributed by atoms with Gasteiger partial charge in [0.1, 0.15) is 6.61 Å². The minimum Gasteiger partial charge on any atom is -0.480 e. The molecule has 106 valence electrons. The minimum atomic E-state index is -0.884. The number of likely N-dealkylation sites (tertiary alicyclic amines) is 1. The van der Waals surface area contributed by atoms with Crippen LogP contribution in [-0.2, 0) is 9.53 Å². The third kappa shape index (κ3) is 4.03.